The van der Waals surface area contributed by atoms with E-state index in [0.29, 0.717) is 0 Å². The topological polar surface area (TPSA) is 21.7 Å². The molecule has 0 aromatic heterocycles. The van der Waals surface area contributed by atoms with Crippen LogP contribution in [0.2, 0.25) is 0 Å². The molecule has 0 saturated heterocycles. The fraction of sp³-hybridized carbons (Fsp3) is 0.417. The average molecular weight is 208 g/mol. The van der Waals surface area contributed by atoms with Gasteiger partial charge in [-0.2, -0.15) is 0 Å². The molecule has 0 aromatic carbocycles. The fourth-order valence-corrected chi connectivity index (χ4v) is 1.51. The average Bonchev–Trinajstić information content (AvgIpc) is 2.25. The van der Waals surface area contributed by atoms with Crippen LogP contribution in [0, 0.1) is 7.05 Å². The Kier molecular flexibility index (Phi) is 4.98. The smallest absolute Gasteiger partial charge is 0.0827 e. The van der Waals surface area contributed by atoms with Crippen molar-refractivity contribution in [3.63, 3.8) is 0 Å². The Morgan fingerprint density at radius 1 is 1.13 bits per heavy atom. The van der Waals surface area contributed by atoms with Gasteiger partial charge in [-0.1, -0.05) is 0 Å². The second-order valence-corrected chi connectivity index (χ2v) is 3.43. The van der Waals surface area contributed by atoms with E-state index in [1.54, 1.807) is 26.7 Å². The Morgan fingerprint density at radius 3 is 2.33 bits per heavy atom. The lowest BCUT2D eigenvalue weighted by molar-refractivity contribution is 0.334. The lowest BCUT2D eigenvalue weighted by atomic mass is 10.0. The molecule has 0 aliphatic carbocycles. The van der Waals surface area contributed by atoms with E-state index in [-0.39, 0.29) is 0 Å². The molecule has 84 valence electrons. The summed E-state index contributed by atoms with van der Waals surface area (Å²) in [7, 11) is 7.24. The molecule has 3 heteroatoms. The van der Waals surface area contributed by atoms with E-state index in [4.69, 9.17) is 9.47 Å². The first kappa shape index (κ1) is 11.9. The monoisotopic (exact) mass is 208 g/mol. The number of allylic oxidation sites excluding steroid dienone is 1. The van der Waals surface area contributed by atoms with Crippen molar-refractivity contribution in [2.75, 3.05) is 27.3 Å². The Morgan fingerprint density at radius 2 is 1.73 bits per heavy atom. The maximum atomic E-state index is 4.92. The van der Waals surface area contributed by atoms with Crippen LogP contribution in [-0.2, 0) is 9.47 Å². The lowest BCUT2D eigenvalue weighted by Gasteiger charge is -2.31. The van der Waals surface area contributed by atoms with Gasteiger partial charge in [-0.05, 0) is 42.8 Å². The minimum Gasteiger partial charge on any atom is -0.504 e. The minimum absolute atomic E-state index is 0.850. The molecule has 15 heavy (non-hydrogen) atoms. The van der Waals surface area contributed by atoms with Crippen molar-refractivity contribution < 1.29 is 9.47 Å². The van der Waals surface area contributed by atoms with Gasteiger partial charge in [0.25, 0.3) is 0 Å². The van der Waals surface area contributed by atoms with Crippen molar-refractivity contribution >= 4 is 0 Å². The van der Waals surface area contributed by atoms with Crippen LogP contribution in [0.4, 0.5) is 0 Å². The van der Waals surface area contributed by atoms with Crippen molar-refractivity contribution in [3.05, 3.63) is 42.9 Å². The zero-order valence-electron chi connectivity index (χ0n) is 9.40. The molecule has 0 N–H and O–H groups in total. The van der Waals surface area contributed by atoms with Gasteiger partial charge in [0.15, 0.2) is 0 Å². The molecule has 1 heterocycles. The van der Waals surface area contributed by atoms with Gasteiger partial charge in [0.1, 0.15) is 0 Å². The molecule has 1 aliphatic heterocycles. The largest absolute Gasteiger partial charge is 0.504 e. The Labute approximate surface area is 91.7 Å². The van der Waals surface area contributed by atoms with Crippen LogP contribution >= 0.6 is 0 Å². The highest BCUT2D eigenvalue weighted by molar-refractivity contribution is 5.35. The molecule has 0 atom stereocenters. The highest BCUT2D eigenvalue weighted by atomic mass is 16.5. The molecule has 0 saturated carbocycles. The first-order valence-electron chi connectivity index (χ1n) is 4.94. The Balaban J connectivity index is 2.80. The molecular formula is C12H18NO2-. The van der Waals surface area contributed by atoms with E-state index in [1.807, 2.05) is 17.1 Å². The van der Waals surface area contributed by atoms with Gasteiger partial charge in [0.05, 0.1) is 26.7 Å². The molecule has 0 aromatic rings. The highest BCUT2D eigenvalue weighted by Gasteiger charge is 2.09. The van der Waals surface area contributed by atoms with Crippen molar-refractivity contribution in [3.8, 4) is 0 Å². The van der Waals surface area contributed by atoms with Gasteiger partial charge in [0.2, 0.25) is 0 Å². The third-order valence-corrected chi connectivity index (χ3v) is 2.31. The predicted octanol–water partition coefficient (Wildman–Crippen LogP) is 2.10. The quantitative estimate of drug-likeness (QED) is 0.521. The van der Waals surface area contributed by atoms with E-state index < -0.39 is 0 Å². The molecule has 0 radical (unpaired) electrons. The standard InChI is InChI=1S/C12H18NO2/c1-13-7-4-11(5-8-14-2)12(10-13)6-9-15-3/h5-6,8-9H,1,4,7,10H2,2-3H3/q-1/b8-5+,9-6+. The van der Waals surface area contributed by atoms with Gasteiger partial charge in [-0.3, -0.25) is 7.05 Å². The molecule has 0 unspecified atom stereocenters. The van der Waals surface area contributed by atoms with Crippen molar-refractivity contribution in [2.24, 2.45) is 0 Å². The molecule has 0 bridgehead atoms. The van der Waals surface area contributed by atoms with E-state index in [1.165, 1.54) is 11.1 Å². The molecule has 0 fully saturated rings. The van der Waals surface area contributed by atoms with Crippen LogP contribution in [0.25, 0.3) is 0 Å². The van der Waals surface area contributed by atoms with Crippen LogP contribution in [-0.4, -0.2) is 32.2 Å². The molecule has 0 spiro atoms. The van der Waals surface area contributed by atoms with E-state index >= 15 is 0 Å². The SMILES string of the molecule is [CH2-]N1CCC(/C=C/OC)=C(/C=C/OC)C1. The number of hydrogen-bond acceptors (Lipinski definition) is 3. The van der Waals surface area contributed by atoms with E-state index in [0.717, 1.165) is 19.5 Å². The predicted molar refractivity (Wildman–Crippen MR) is 60.9 cm³/mol. The first-order valence-corrected chi connectivity index (χ1v) is 4.94. The maximum Gasteiger partial charge on any atom is 0.0827 e. The van der Waals surface area contributed by atoms with Crippen LogP contribution < -0.4 is 0 Å². The highest BCUT2D eigenvalue weighted by Crippen LogP contribution is 2.19. The van der Waals surface area contributed by atoms with Crippen molar-refractivity contribution in [2.45, 2.75) is 6.42 Å². The summed E-state index contributed by atoms with van der Waals surface area (Å²) in [4.78, 5) is 2.04. The van der Waals surface area contributed by atoms with Crippen molar-refractivity contribution in [1.29, 1.82) is 0 Å². The normalized spacial score (nSPS) is 19.1. The zero-order chi connectivity index (χ0) is 11.1. The summed E-state index contributed by atoms with van der Waals surface area (Å²) in [5.41, 5.74) is 2.51. The van der Waals surface area contributed by atoms with E-state index in [2.05, 4.69) is 7.05 Å². The second-order valence-electron chi connectivity index (χ2n) is 3.43. The minimum atomic E-state index is 0.850. The second kappa shape index (κ2) is 6.30. The molecule has 3 nitrogen and oxygen atoms in total. The number of nitrogens with zero attached hydrogens (tertiary/aromatic N) is 1. The number of methoxy groups -OCH3 is 2. The summed E-state index contributed by atoms with van der Waals surface area (Å²) >= 11 is 0. The number of rotatable bonds is 4. The summed E-state index contributed by atoms with van der Waals surface area (Å²) in [6, 6.07) is 0. The lowest BCUT2D eigenvalue weighted by Crippen LogP contribution is -2.25. The van der Waals surface area contributed by atoms with Crippen LogP contribution in [0.15, 0.2) is 35.8 Å². The van der Waals surface area contributed by atoms with Gasteiger partial charge in [0, 0.05) is 0 Å². The van der Waals surface area contributed by atoms with Crippen LogP contribution in [0.3, 0.4) is 0 Å². The van der Waals surface area contributed by atoms with Gasteiger partial charge in [-0.15, -0.1) is 0 Å². The third kappa shape index (κ3) is 3.80. The number of hydrogen-bond donors (Lipinski definition) is 0. The van der Waals surface area contributed by atoms with Gasteiger partial charge < -0.3 is 14.4 Å². The maximum absolute atomic E-state index is 4.92. The fourth-order valence-electron chi connectivity index (χ4n) is 1.51. The van der Waals surface area contributed by atoms with Gasteiger partial charge in [-0.25, -0.2) is 0 Å². The van der Waals surface area contributed by atoms with Crippen molar-refractivity contribution in [1.82, 2.24) is 4.90 Å². The van der Waals surface area contributed by atoms with Crippen LogP contribution in [0.5, 0.6) is 0 Å². The molecule has 1 aliphatic rings. The summed E-state index contributed by atoms with van der Waals surface area (Å²) in [6.45, 7) is 1.83. The molecule has 0 amide bonds. The first-order chi connectivity index (χ1) is 7.27. The summed E-state index contributed by atoms with van der Waals surface area (Å²) < 4.78 is 9.85. The summed E-state index contributed by atoms with van der Waals surface area (Å²) in [5.74, 6) is 0. The zero-order valence-corrected chi connectivity index (χ0v) is 9.40. The number of ether oxygens (including phenoxy) is 2. The van der Waals surface area contributed by atoms with Gasteiger partial charge >= 0.3 is 0 Å². The Bertz CT molecular complexity index is 279. The third-order valence-electron chi connectivity index (χ3n) is 2.31. The van der Waals surface area contributed by atoms with E-state index in [9.17, 15) is 0 Å². The molecule has 1 rings (SSSR count). The van der Waals surface area contributed by atoms with Crippen LogP contribution in [0.1, 0.15) is 6.42 Å². The summed E-state index contributed by atoms with van der Waals surface area (Å²) in [6.07, 6.45) is 8.37. The summed E-state index contributed by atoms with van der Waals surface area (Å²) in [5, 5.41) is 0. The Hall–Kier alpha value is -1.22. The molecular weight excluding hydrogens is 190 g/mol.